The number of carbonyl (C=O) groups excluding carboxylic acids is 1. The molecule has 1 amide bonds. The number of aromatic hydroxyl groups is 1. The fourth-order valence-electron chi connectivity index (χ4n) is 3.90. The van der Waals surface area contributed by atoms with Crippen molar-refractivity contribution < 1.29 is 9.90 Å². The molecule has 0 saturated heterocycles. The van der Waals surface area contributed by atoms with Gasteiger partial charge in [0.25, 0.3) is 11.5 Å². The molecule has 0 bridgehead atoms. The third kappa shape index (κ3) is 5.32. The second kappa shape index (κ2) is 10.8. The van der Waals surface area contributed by atoms with E-state index in [0.29, 0.717) is 21.1 Å². The molecule has 0 aliphatic heterocycles. The van der Waals surface area contributed by atoms with Gasteiger partial charge in [-0.3, -0.25) is 14.2 Å². The Hall–Kier alpha value is -4.21. The minimum Gasteiger partial charge on any atom is -0.508 e. The van der Waals surface area contributed by atoms with Crippen molar-refractivity contribution in [2.75, 3.05) is 5.75 Å². The number of aromatic nitrogens is 2. The number of rotatable bonds is 7. The Bertz CT molecular complexity index is 1640. The maximum Gasteiger partial charge on any atom is 0.268 e. The summed E-state index contributed by atoms with van der Waals surface area (Å²) in [6.45, 7) is 1.99. The summed E-state index contributed by atoms with van der Waals surface area (Å²) in [7, 11) is 0. The summed E-state index contributed by atoms with van der Waals surface area (Å²) >= 11 is 2.65. The number of thiophene rings is 1. The molecule has 184 valence electrons. The molecule has 2 N–H and O–H groups in total. The first kappa shape index (κ1) is 24.5. The highest BCUT2D eigenvalue weighted by atomic mass is 32.2. The van der Waals surface area contributed by atoms with Crippen LogP contribution >= 0.6 is 23.1 Å². The van der Waals surface area contributed by atoms with E-state index in [1.165, 1.54) is 29.3 Å². The fraction of sp³-hybridized carbons (Fsp3) is 0.0714. The first-order valence-electron chi connectivity index (χ1n) is 11.4. The number of carbonyl (C=O) groups is 1. The number of aryl methyl sites for hydroxylation is 1. The van der Waals surface area contributed by atoms with Gasteiger partial charge in [0.15, 0.2) is 5.16 Å². The van der Waals surface area contributed by atoms with Gasteiger partial charge in [-0.25, -0.2) is 10.4 Å². The first-order valence-corrected chi connectivity index (χ1v) is 13.2. The van der Waals surface area contributed by atoms with E-state index in [2.05, 4.69) is 10.5 Å². The first-order chi connectivity index (χ1) is 18.0. The number of nitrogens with zero attached hydrogens (tertiary/aromatic N) is 3. The second-order valence-corrected chi connectivity index (χ2v) is 10.3. The quantitative estimate of drug-likeness (QED) is 0.129. The summed E-state index contributed by atoms with van der Waals surface area (Å²) in [4.78, 5) is 32.9. The van der Waals surface area contributed by atoms with Crippen LogP contribution in [-0.2, 0) is 4.79 Å². The number of fused-ring (bicyclic) bond motifs is 1. The minimum absolute atomic E-state index is 0.0214. The Balaban J connectivity index is 1.47. The fourth-order valence-corrected chi connectivity index (χ4v) is 5.79. The molecule has 0 unspecified atom stereocenters. The van der Waals surface area contributed by atoms with Crippen molar-refractivity contribution in [3.63, 3.8) is 0 Å². The van der Waals surface area contributed by atoms with E-state index in [1.807, 2.05) is 67.6 Å². The van der Waals surface area contributed by atoms with E-state index in [4.69, 9.17) is 4.98 Å². The molecule has 0 fully saturated rings. The molecule has 5 aromatic rings. The number of benzene rings is 3. The second-order valence-electron chi connectivity index (χ2n) is 8.12. The Labute approximate surface area is 221 Å². The van der Waals surface area contributed by atoms with Crippen molar-refractivity contribution in [3.05, 3.63) is 106 Å². The molecule has 0 aliphatic carbocycles. The van der Waals surface area contributed by atoms with Gasteiger partial charge in [-0.1, -0.05) is 60.3 Å². The maximum atomic E-state index is 13.9. The topological polar surface area (TPSA) is 96.6 Å². The lowest BCUT2D eigenvalue weighted by Crippen LogP contribution is -2.24. The van der Waals surface area contributed by atoms with Crippen molar-refractivity contribution in [2.45, 2.75) is 12.1 Å². The highest BCUT2D eigenvalue weighted by molar-refractivity contribution is 7.99. The molecule has 0 atom stereocenters. The van der Waals surface area contributed by atoms with Gasteiger partial charge in [-0.2, -0.15) is 5.10 Å². The van der Waals surface area contributed by atoms with Crippen LogP contribution in [0.5, 0.6) is 5.75 Å². The monoisotopic (exact) mass is 526 g/mol. The maximum absolute atomic E-state index is 13.9. The van der Waals surface area contributed by atoms with Crippen molar-refractivity contribution in [2.24, 2.45) is 5.10 Å². The summed E-state index contributed by atoms with van der Waals surface area (Å²) in [6.07, 6.45) is 1.49. The van der Waals surface area contributed by atoms with Gasteiger partial charge in [0.1, 0.15) is 10.6 Å². The van der Waals surface area contributed by atoms with E-state index in [9.17, 15) is 14.7 Å². The Kier molecular flexibility index (Phi) is 7.16. The van der Waals surface area contributed by atoms with Gasteiger partial charge >= 0.3 is 0 Å². The predicted octanol–water partition coefficient (Wildman–Crippen LogP) is 5.37. The number of hydrogen-bond donors (Lipinski definition) is 2. The summed E-state index contributed by atoms with van der Waals surface area (Å²) < 4.78 is 1.57. The van der Waals surface area contributed by atoms with Gasteiger partial charge in [0.05, 0.1) is 23.0 Å². The zero-order valence-electron chi connectivity index (χ0n) is 19.8. The van der Waals surface area contributed by atoms with Crippen molar-refractivity contribution in [1.82, 2.24) is 15.0 Å². The van der Waals surface area contributed by atoms with Gasteiger partial charge < -0.3 is 5.11 Å². The molecule has 2 aromatic heterocycles. The zero-order valence-corrected chi connectivity index (χ0v) is 21.4. The number of nitrogens with one attached hydrogen (secondary N) is 1. The van der Waals surface area contributed by atoms with E-state index >= 15 is 0 Å². The van der Waals surface area contributed by atoms with E-state index < -0.39 is 0 Å². The highest BCUT2D eigenvalue weighted by Crippen LogP contribution is 2.36. The largest absolute Gasteiger partial charge is 0.508 e. The molecule has 37 heavy (non-hydrogen) atoms. The third-order valence-electron chi connectivity index (χ3n) is 5.58. The molecule has 9 heteroatoms. The smallest absolute Gasteiger partial charge is 0.268 e. The molecule has 0 saturated carbocycles. The van der Waals surface area contributed by atoms with Crippen LogP contribution in [-0.4, -0.2) is 32.5 Å². The molecule has 7 nitrogen and oxygen atoms in total. The highest BCUT2D eigenvalue weighted by Gasteiger charge is 2.21. The molecular weight excluding hydrogens is 504 g/mol. The molecule has 5 rings (SSSR count). The van der Waals surface area contributed by atoms with Gasteiger partial charge in [-0.05, 0) is 54.4 Å². The van der Waals surface area contributed by atoms with Crippen molar-refractivity contribution >= 4 is 45.4 Å². The van der Waals surface area contributed by atoms with Crippen LogP contribution in [0.2, 0.25) is 0 Å². The number of amides is 1. The number of thioether (sulfide) groups is 1. The molecule has 0 spiro atoms. The van der Waals surface area contributed by atoms with Crippen LogP contribution in [0.25, 0.3) is 27.0 Å². The van der Waals surface area contributed by atoms with E-state index in [-0.39, 0.29) is 23.0 Å². The van der Waals surface area contributed by atoms with Gasteiger partial charge in [0, 0.05) is 10.4 Å². The number of hydrogen-bond acceptors (Lipinski definition) is 7. The van der Waals surface area contributed by atoms with Crippen LogP contribution in [0.4, 0.5) is 0 Å². The van der Waals surface area contributed by atoms with E-state index in [1.54, 1.807) is 28.8 Å². The number of hydrazone groups is 1. The summed E-state index contributed by atoms with van der Waals surface area (Å²) in [5, 5.41) is 14.3. The third-order valence-corrected chi connectivity index (χ3v) is 7.51. The summed E-state index contributed by atoms with van der Waals surface area (Å²) in [6, 6.07) is 25.6. The average molecular weight is 527 g/mol. The predicted molar refractivity (Wildman–Crippen MR) is 150 cm³/mol. The summed E-state index contributed by atoms with van der Waals surface area (Å²) in [5.41, 5.74) is 5.59. The molecule has 3 aromatic carbocycles. The lowest BCUT2D eigenvalue weighted by molar-refractivity contribution is -0.118. The van der Waals surface area contributed by atoms with Crippen LogP contribution in [0.3, 0.4) is 0 Å². The minimum atomic E-state index is -0.332. The zero-order chi connectivity index (χ0) is 25.8. The number of para-hydroxylation sites is 1. The molecule has 2 heterocycles. The Morgan fingerprint density at radius 3 is 2.43 bits per heavy atom. The van der Waals surface area contributed by atoms with Crippen molar-refractivity contribution in [3.8, 4) is 22.6 Å². The van der Waals surface area contributed by atoms with Crippen LogP contribution in [0.15, 0.2) is 100.0 Å². The standard InChI is InChI=1S/C28H22N4O3S2/c1-18-24(20-8-4-2-5-9-20)25-26(37-18)30-28(32(27(25)35)21-10-6-3-7-11-21)36-17-23(34)31-29-16-19-12-14-22(33)15-13-19/h2-16,33H,17H2,1H3,(H,31,34)/b29-16+. The summed E-state index contributed by atoms with van der Waals surface area (Å²) in [5.74, 6) is -0.155. The SMILES string of the molecule is Cc1sc2nc(SCC(=O)N/N=C/c3ccc(O)cc3)n(-c3ccccc3)c(=O)c2c1-c1ccccc1. The normalized spacial score (nSPS) is 11.3. The Morgan fingerprint density at radius 1 is 1.05 bits per heavy atom. The number of phenolic OH excluding ortho intramolecular Hbond substituents is 1. The lowest BCUT2D eigenvalue weighted by atomic mass is 10.0. The average Bonchev–Trinajstić information content (AvgIpc) is 3.25. The van der Waals surface area contributed by atoms with E-state index in [0.717, 1.165) is 21.6 Å². The lowest BCUT2D eigenvalue weighted by Gasteiger charge is -2.12. The van der Waals surface area contributed by atoms with Gasteiger partial charge in [-0.15, -0.1) is 11.3 Å². The molecule has 0 aliphatic rings. The Morgan fingerprint density at radius 2 is 1.73 bits per heavy atom. The van der Waals surface area contributed by atoms with Crippen LogP contribution in [0.1, 0.15) is 10.4 Å². The number of phenols is 1. The van der Waals surface area contributed by atoms with Crippen LogP contribution in [0, 0.1) is 6.92 Å². The molecule has 0 radical (unpaired) electrons. The molecular formula is C28H22N4O3S2. The van der Waals surface area contributed by atoms with Gasteiger partial charge in [0.2, 0.25) is 0 Å². The van der Waals surface area contributed by atoms with Crippen molar-refractivity contribution in [1.29, 1.82) is 0 Å². The van der Waals surface area contributed by atoms with Crippen LogP contribution < -0.4 is 11.0 Å².